The lowest BCUT2D eigenvalue weighted by atomic mass is 10.2. The van der Waals surface area contributed by atoms with E-state index in [0.29, 0.717) is 18.1 Å². The molecule has 0 aromatic heterocycles. The Labute approximate surface area is 190 Å². The molecule has 3 aromatic carbocycles. The van der Waals surface area contributed by atoms with Gasteiger partial charge in [-0.1, -0.05) is 30.3 Å². The maximum atomic E-state index is 12.8. The first kappa shape index (κ1) is 24.0. The molecule has 0 aliphatic heterocycles. The summed E-state index contributed by atoms with van der Waals surface area (Å²) < 4.78 is 55.4. The maximum absolute atomic E-state index is 12.8. The van der Waals surface area contributed by atoms with Gasteiger partial charge in [-0.05, 0) is 60.5 Å². The Kier molecular flexibility index (Phi) is 8.47. The van der Waals surface area contributed by atoms with Crippen LogP contribution in [-0.4, -0.2) is 25.6 Å². The fraction of sp³-hybridized carbons (Fsp3) is 0.280. The fourth-order valence-corrected chi connectivity index (χ4v) is 3.99. The predicted molar refractivity (Wildman–Crippen MR) is 120 cm³/mol. The zero-order valence-corrected chi connectivity index (χ0v) is 18.7. The number of hydrogen-bond acceptors (Lipinski definition) is 4. The zero-order chi connectivity index (χ0) is 23.0. The van der Waals surface area contributed by atoms with Crippen molar-refractivity contribution in [3.05, 3.63) is 89.5 Å². The molecule has 1 atom stereocenters. The quantitative estimate of drug-likeness (QED) is 0.311. The maximum Gasteiger partial charge on any atom is 0.416 e. The molecular formula is C25H25F3O3S. The van der Waals surface area contributed by atoms with E-state index in [9.17, 15) is 13.2 Å². The molecule has 1 unspecified atom stereocenters. The minimum Gasteiger partial charge on any atom is -0.496 e. The van der Waals surface area contributed by atoms with E-state index in [1.807, 2.05) is 49.4 Å². The smallest absolute Gasteiger partial charge is 0.416 e. The molecule has 0 saturated heterocycles. The lowest BCUT2D eigenvalue weighted by Crippen LogP contribution is -2.24. The summed E-state index contributed by atoms with van der Waals surface area (Å²) in [7, 11) is 1.64. The SMILES string of the molecule is COc1ccc(SCC(COc2ccc(C(F)(F)F)cc2)OCc2ccccc2)cc1C. The Morgan fingerprint density at radius 3 is 2.28 bits per heavy atom. The van der Waals surface area contributed by atoms with Crippen LogP contribution < -0.4 is 9.47 Å². The van der Waals surface area contributed by atoms with E-state index in [2.05, 4.69) is 6.07 Å². The van der Waals surface area contributed by atoms with Gasteiger partial charge in [0.25, 0.3) is 0 Å². The van der Waals surface area contributed by atoms with Crippen molar-refractivity contribution in [2.75, 3.05) is 19.5 Å². The molecular weight excluding hydrogens is 437 g/mol. The monoisotopic (exact) mass is 462 g/mol. The van der Waals surface area contributed by atoms with Crippen molar-refractivity contribution in [2.24, 2.45) is 0 Å². The van der Waals surface area contributed by atoms with Gasteiger partial charge >= 0.3 is 6.18 Å². The van der Waals surface area contributed by atoms with Gasteiger partial charge in [0.1, 0.15) is 24.2 Å². The van der Waals surface area contributed by atoms with Crippen LogP contribution in [0, 0.1) is 6.92 Å². The number of methoxy groups -OCH3 is 1. The molecule has 0 amide bonds. The summed E-state index contributed by atoms with van der Waals surface area (Å²) in [6.07, 6.45) is -4.63. The molecule has 3 aromatic rings. The lowest BCUT2D eigenvalue weighted by molar-refractivity contribution is -0.137. The first-order valence-corrected chi connectivity index (χ1v) is 11.1. The average Bonchev–Trinajstić information content (AvgIpc) is 2.79. The largest absolute Gasteiger partial charge is 0.496 e. The Balaban J connectivity index is 1.62. The molecule has 0 N–H and O–H groups in total. The molecule has 3 nitrogen and oxygen atoms in total. The van der Waals surface area contributed by atoms with Gasteiger partial charge in [0.15, 0.2) is 0 Å². The highest BCUT2D eigenvalue weighted by Gasteiger charge is 2.30. The van der Waals surface area contributed by atoms with Crippen LogP contribution in [0.2, 0.25) is 0 Å². The second kappa shape index (κ2) is 11.3. The topological polar surface area (TPSA) is 27.7 Å². The van der Waals surface area contributed by atoms with Gasteiger partial charge in [-0.15, -0.1) is 11.8 Å². The summed E-state index contributed by atoms with van der Waals surface area (Å²) in [4.78, 5) is 1.08. The molecule has 0 bridgehead atoms. The first-order valence-electron chi connectivity index (χ1n) is 10.1. The molecule has 0 saturated carbocycles. The van der Waals surface area contributed by atoms with E-state index in [0.717, 1.165) is 33.9 Å². The third kappa shape index (κ3) is 7.21. The van der Waals surface area contributed by atoms with E-state index < -0.39 is 11.7 Å². The third-order valence-electron chi connectivity index (χ3n) is 4.75. The molecule has 7 heteroatoms. The number of hydrogen-bond donors (Lipinski definition) is 0. The van der Waals surface area contributed by atoms with Crippen LogP contribution in [0.1, 0.15) is 16.7 Å². The normalized spacial score (nSPS) is 12.4. The first-order chi connectivity index (χ1) is 15.3. The molecule has 0 radical (unpaired) electrons. The van der Waals surface area contributed by atoms with Crippen LogP contribution in [0.3, 0.4) is 0 Å². The second-order valence-corrected chi connectivity index (χ2v) is 8.29. The van der Waals surface area contributed by atoms with Crippen LogP contribution in [0.4, 0.5) is 13.2 Å². The van der Waals surface area contributed by atoms with Crippen molar-refractivity contribution in [3.8, 4) is 11.5 Å². The van der Waals surface area contributed by atoms with Crippen LogP contribution in [0.15, 0.2) is 77.7 Å². The number of ether oxygens (including phenoxy) is 3. The molecule has 170 valence electrons. The van der Waals surface area contributed by atoms with Crippen LogP contribution in [0.5, 0.6) is 11.5 Å². The number of rotatable bonds is 10. The van der Waals surface area contributed by atoms with E-state index in [4.69, 9.17) is 14.2 Å². The van der Waals surface area contributed by atoms with Gasteiger partial charge in [0.2, 0.25) is 0 Å². The van der Waals surface area contributed by atoms with Gasteiger partial charge in [-0.25, -0.2) is 0 Å². The van der Waals surface area contributed by atoms with Gasteiger partial charge in [0, 0.05) is 10.6 Å². The standard InChI is InChI=1S/C25H25F3O3S/c1-18-14-23(12-13-24(18)29-2)32-17-22(30-15-19-6-4-3-5-7-19)16-31-21-10-8-20(9-11-21)25(26,27)28/h3-14,22H,15-17H2,1-2H3. The van der Waals surface area contributed by atoms with Crippen molar-refractivity contribution in [3.63, 3.8) is 0 Å². The Morgan fingerprint density at radius 2 is 1.66 bits per heavy atom. The summed E-state index contributed by atoms with van der Waals surface area (Å²) in [5.41, 5.74) is 1.38. The number of halogens is 3. The Morgan fingerprint density at radius 1 is 0.938 bits per heavy atom. The minimum absolute atomic E-state index is 0.223. The molecule has 0 aliphatic rings. The predicted octanol–water partition coefficient (Wildman–Crippen LogP) is 6.78. The molecule has 0 spiro atoms. The average molecular weight is 463 g/mol. The van der Waals surface area contributed by atoms with Gasteiger partial charge < -0.3 is 14.2 Å². The minimum atomic E-state index is -4.37. The van der Waals surface area contributed by atoms with Crippen LogP contribution in [0.25, 0.3) is 0 Å². The van der Waals surface area contributed by atoms with Crippen LogP contribution in [-0.2, 0) is 17.5 Å². The number of thioether (sulfide) groups is 1. The van der Waals surface area contributed by atoms with Crippen molar-refractivity contribution >= 4 is 11.8 Å². The molecule has 3 rings (SSSR count). The number of benzene rings is 3. The van der Waals surface area contributed by atoms with Gasteiger partial charge in [-0.3, -0.25) is 0 Å². The fourth-order valence-electron chi connectivity index (χ4n) is 2.99. The zero-order valence-electron chi connectivity index (χ0n) is 17.9. The number of alkyl halides is 3. The summed E-state index contributed by atoms with van der Waals surface area (Å²) >= 11 is 1.63. The highest BCUT2D eigenvalue weighted by atomic mass is 32.2. The van der Waals surface area contributed by atoms with Crippen molar-refractivity contribution in [1.29, 1.82) is 0 Å². The molecule has 0 heterocycles. The lowest BCUT2D eigenvalue weighted by Gasteiger charge is -2.19. The van der Waals surface area contributed by atoms with E-state index >= 15 is 0 Å². The summed E-state index contributed by atoms with van der Waals surface area (Å²) in [5, 5.41) is 0. The van der Waals surface area contributed by atoms with E-state index in [1.165, 1.54) is 12.1 Å². The Hall–Kier alpha value is -2.64. The summed E-state index contributed by atoms with van der Waals surface area (Å²) in [5.74, 6) is 1.83. The molecule has 32 heavy (non-hydrogen) atoms. The van der Waals surface area contributed by atoms with Crippen molar-refractivity contribution in [1.82, 2.24) is 0 Å². The van der Waals surface area contributed by atoms with Crippen molar-refractivity contribution in [2.45, 2.75) is 30.7 Å². The van der Waals surface area contributed by atoms with Crippen molar-refractivity contribution < 1.29 is 27.4 Å². The third-order valence-corrected chi connectivity index (χ3v) is 5.87. The van der Waals surface area contributed by atoms with Gasteiger partial charge in [-0.2, -0.15) is 13.2 Å². The molecule has 0 aliphatic carbocycles. The highest BCUT2D eigenvalue weighted by molar-refractivity contribution is 7.99. The highest BCUT2D eigenvalue weighted by Crippen LogP contribution is 2.30. The number of aryl methyl sites for hydroxylation is 1. The summed E-state index contributed by atoms with van der Waals surface area (Å²) in [6.45, 7) is 2.63. The molecule has 0 fully saturated rings. The van der Waals surface area contributed by atoms with E-state index in [1.54, 1.807) is 18.9 Å². The summed E-state index contributed by atoms with van der Waals surface area (Å²) in [6, 6.07) is 20.5. The second-order valence-electron chi connectivity index (χ2n) is 7.19. The van der Waals surface area contributed by atoms with Gasteiger partial charge in [0.05, 0.1) is 19.3 Å². The Bertz CT molecular complexity index is 976. The van der Waals surface area contributed by atoms with E-state index in [-0.39, 0.29) is 12.7 Å². The van der Waals surface area contributed by atoms with Crippen LogP contribution >= 0.6 is 11.8 Å².